The van der Waals surface area contributed by atoms with Crippen LogP contribution in [0.4, 0.5) is 0 Å². The van der Waals surface area contributed by atoms with Crippen molar-refractivity contribution in [1.29, 1.82) is 0 Å². The van der Waals surface area contributed by atoms with Gasteiger partial charge in [-0.3, -0.25) is 0 Å². The molecule has 0 saturated heterocycles. The van der Waals surface area contributed by atoms with E-state index in [-0.39, 0.29) is 12.0 Å². The molecule has 0 radical (unpaired) electrons. The number of ether oxygens (including phenoxy) is 1. The van der Waals surface area contributed by atoms with Gasteiger partial charge in [-0.1, -0.05) is 13.8 Å². The molecule has 0 N–H and O–H groups in total. The molecule has 0 heterocycles. The number of carbonyl (C=O) groups excluding carboxylic acids is 1. The molecule has 0 aromatic heterocycles. The Labute approximate surface area is 62.6 Å². The number of carbonyl (C=O) groups is 1. The van der Waals surface area contributed by atoms with Crippen LogP contribution in [0.5, 0.6) is 0 Å². The highest BCUT2D eigenvalue weighted by Gasteiger charge is 2.13. The van der Waals surface area contributed by atoms with Gasteiger partial charge in [0, 0.05) is 12.5 Å². The molecular formula is C8H16O2. The number of rotatable bonds is 5. The summed E-state index contributed by atoms with van der Waals surface area (Å²) in [6.45, 7) is 6.55. The zero-order valence-electron chi connectivity index (χ0n) is 6.96. The van der Waals surface area contributed by atoms with Crippen LogP contribution >= 0.6 is 0 Å². The number of hydrogen-bond donors (Lipinski definition) is 0. The molecule has 10 heavy (non-hydrogen) atoms. The topological polar surface area (TPSA) is 26.3 Å². The van der Waals surface area contributed by atoms with Crippen LogP contribution in [0.15, 0.2) is 0 Å². The molecule has 0 fully saturated rings. The third-order valence-corrected chi connectivity index (χ3v) is 1.58. The van der Waals surface area contributed by atoms with E-state index in [9.17, 15) is 4.79 Å². The fraction of sp³-hybridized carbons (Fsp3) is 0.875. The quantitative estimate of drug-likeness (QED) is 0.548. The SMILES string of the molecule is CCO[C@@H](CC)[C@H](C)C=O. The predicted molar refractivity (Wildman–Crippen MR) is 40.9 cm³/mol. The molecule has 0 spiro atoms. The maximum atomic E-state index is 10.3. The molecule has 0 bridgehead atoms. The molecule has 0 aromatic carbocycles. The minimum Gasteiger partial charge on any atom is -0.378 e. The first kappa shape index (κ1) is 9.63. The van der Waals surface area contributed by atoms with Crippen molar-refractivity contribution < 1.29 is 9.53 Å². The lowest BCUT2D eigenvalue weighted by molar-refractivity contribution is -0.115. The van der Waals surface area contributed by atoms with Gasteiger partial charge in [0.2, 0.25) is 0 Å². The Bertz CT molecular complexity index is 91.3. The first-order valence-corrected chi connectivity index (χ1v) is 3.83. The molecule has 2 atom stereocenters. The molecule has 2 heteroatoms. The third kappa shape index (κ3) is 2.97. The summed E-state index contributed by atoms with van der Waals surface area (Å²) < 4.78 is 5.31. The second kappa shape index (κ2) is 5.42. The van der Waals surface area contributed by atoms with E-state index >= 15 is 0 Å². The summed E-state index contributed by atoms with van der Waals surface area (Å²) >= 11 is 0. The van der Waals surface area contributed by atoms with Gasteiger partial charge < -0.3 is 9.53 Å². The second-order valence-corrected chi connectivity index (χ2v) is 2.40. The fourth-order valence-electron chi connectivity index (χ4n) is 0.943. The fourth-order valence-corrected chi connectivity index (χ4v) is 0.943. The van der Waals surface area contributed by atoms with Crippen molar-refractivity contribution in [3.8, 4) is 0 Å². The Hall–Kier alpha value is -0.370. The summed E-state index contributed by atoms with van der Waals surface area (Å²) in [7, 11) is 0. The van der Waals surface area contributed by atoms with E-state index in [0.29, 0.717) is 6.61 Å². The third-order valence-electron chi connectivity index (χ3n) is 1.58. The van der Waals surface area contributed by atoms with Gasteiger partial charge in [0.15, 0.2) is 0 Å². The number of aldehydes is 1. The summed E-state index contributed by atoms with van der Waals surface area (Å²) in [6, 6.07) is 0. The van der Waals surface area contributed by atoms with Crippen LogP contribution in [0.3, 0.4) is 0 Å². The zero-order chi connectivity index (χ0) is 7.98. The number of hydrogen-bond acceptors (Lipinski definition) is 2. The summed E-state index contributed by atoms with van der Waals surface area (Å²) in [4.78, 5) is 10.3. The zero-order valence-corrected chi connectivity index (χ0v) is 6.96. The molecule has 2 nitrogen and oxygen atoms in total. The van der Waals surface area contributed by atoms with Crippen molar-refractivity contribution in [1.82, 2.24) is 0 Å². The Morgan fingerprint density at radius 2 is 2.10 bits per heavy atom. The molecule has 0 aromatic rings. The molecule has 0 saturated carbocycles. The monoisotopic (exact) mass is 144 g/mol. The molecule has 60 valence electrons. The molecular weight excluding hydrogens is 128 g/mol. The predicted octanol–water partition coefficient (Wildman–Crippen LogP) is 1.64. The van der Waals surface area contributed by atoms with Gasteiger partial charge >= 0.3 is 0 Å². The van der Waals surface area contributed by atoms with Gasteiger partial charge in [-0.05, 0) is 13.3 Å². The Kier molecular flexibility index (Phi) is 5.22. The average Bonchev–Trinajstić information content (AvgIpc) is 1.99. The highest BCUT2D eigenvalue weighted by atomic mass is 16.5. The van der Waals surface area contributed by atoms with Crippen LogP contribution in [0.2, 0.25) is 0 Å². The van der Waals surface area contributed by atoms with Crippen LogP contribution in [0, 0.1) is 5.92 Å². The van der Waals surface area contributed by atoms with Crippen LogP contribution in [-0.2, 0) is 9.53 Å². The van der Waals surface area contributed by atoms with Gasteiger partial charge in [-0.2, -0.15) is 0 Å². The Morgan fingerprint density at radius 3 is 2.40 bits per heavy atom. The largest absolute Gasteiger partial charge is 0.378 e. The lowest BCUT2D eigenvalue weighted by atomic mass is 10.0. The summed E-state index contributed by atoms with van der Waals surface area (Å²) in [5.41, 5.74) is 0. The summed E-state index contributed by atoms with van der Waals surface area (Å²) in [5, 5.41) is 0. The minimum absolute atomic E-state index is 0.0324. The molecule has 0 aliphatic carbocycles. The van der Waals surface area contributed by atoms with E-state index in [1.807, 2.05) is 20.8 Å². The van der Waals surface area contributed by atoms with Crippen LogP contribution in [-0.4, -0.2) is 19.0 Å². The highest BCUT2D eigenvalue weighted by Crippen LogP contribution is 2.07. The van der Waals surface area contributed by atoms with Crippen molar-refractivity contribution in [3.63, 3.8) is 0 Å². The molecule has 0 rings (SSSR count). The van der Waals surface area contributed by atoms with Crippen LogP contribution in [0.1, 0.15) is 27.2 Å². The standard InChI is InChI=1S/C8H16O2/c1-4-8(10-5-2)7(3)6-9/h6-8H,4-5H2,1-3H3/t7-,8+/m1/s1. The van der Waals surface area contributed by atoms with Crippen molar-refractivity contribution in [2.45, 2.75) is 33.3 Å². The van der Waals surface area contributed by atoms with Gasteiger partial charge in [0.05, 0.1) is 6.10 Å². The molecule has 0 aliphatic rings. The van der Waals surface area contributed by atoms with Crippen molar-refractivity contribution in [2.75, 3.05) is 6.61 Å². The first-order valence-electron chi connectivity index (χ1n) is 3.83. The van der Waals surface area contributed by atoms with E-state index in [1.165, 1.54) is 0 Å². The van der Waals surface area contributed by atoms with Gasteiger partial charge in [0.1, 0.15) is 6.29 Å². The molecule has 0 aliphatic heterocycles. The van der Waals surface area contributed by atoms with E-state index < -0.39 is 0 Å². The molecule has 0 amide bonds. The summed E-state index contributed by atoms with van der Waals surface area (Å²) in [6.07, 6.45) is 1.97. The van der Waals surface area contributed by atoms with Crippen molar-refractivity contribution in [2.24, 2.45) is 5.92 Å². The van der Waals surface area contributed by atoms with Crippen LogP contribution < -0.4 is 0 Å². The van der Waals surface area contributed by atoms with E-state index in [0.717, 1.165) is 12.7 Å². The maximum Gasteiger partial charge on any atom is 0.125 e. The van der Waals surface area contributed by atoms with Crippen LogP contribution in [0.25, 0.3) is 0 Å². The lowest BCUT2D eigenvalue weighted by Gasteiger charge is -2.17. The van der Waals surface area contributed by atoms with Gasteiger partial charge in [-0.25, -0.2) is 0 Å². The normalized spacial score (nSPS) is 16.3. The van der Waals surface area contributed by atoms with E-state index in [1.54, 1.807) is 0 Å². The van der Waals surface area contributed by atoms with Gasteiger partial charge in [-0.15, -0.1) is 0 Å². The highest BCUT2D eigenvalue weighted by molar-refractivity contribution is 5.53. The second-order valence-electron chi connectivity index (χ2n) is 2.40. The lowest BCUT2D eigenvalue weighted by Crippen LogP contribution is -2.21. The van der Waals surface area contributed by atoms with Crippen molar-refractivity contribution in [3.05, 3.63) is 0 Å². The Morgan fingerprint density at radius 1 is 1.50 bits per heavy atom. The van der Waals surface area contributed by atoms with Crippen molar-refractivity contribution >= 4 is 6.29 Å². The van der Waals surface area contributed by atoms with E-state index in [4.69, 9.17) is 4.74 Å². The van der Waals surface area contributed by atoms with E-state index in [2.05, 4.69) is 0 Å². The first-order chi connectivity index (χ1) is 4.76. The summed E-state index contributed by atoms with van der Waals surface area (Å²) in [5.74, 6) is 0.0324. The minimum atomic E-state index is 0.0324. The van der Waals surface area contributed by atoms with Gasteiger partial charge in [0.25, 0.3) is 0 Å². The smallest absolute Gasteiger partial charge is 0.125 e. The average molecular weight is 144 g/mol. The maximum absolute atomic E-state index is 10.3. The molecule has 0 unspecified atom stereocenters. The Balaban J connectivity index is 3.67.